The molecule has 0 amide bonds. The highest BCUT2D eigenvalue weighted by molar-refractivity contribution is 7.95. The van der Waals surface area contributed by atoms with Crippen molar-refractivity contribution in [3.8, 4) is 0 Å². The summed E-state index contributed by atoms with van der Waals surface area (Å²) in [6, 6.07) is 32.9. The fraction of sp³-hybridized carbons (Fsp3) is 0.200. The second-order valence-corrected chi connectivity index (χ2v) is 11.6. The van der Waals surface area contributed by atoms with Gasteiger partial charge in [-0.05, 0) is 61.9 Å². The smallest absolute Gasteiger partial charge is 0.179 e. The first-order valence-electron chi connectivity index (χ1n) is 11.2. The lowest BCUT2D eigenvalue weighted by atomic mass is 10.2. The van der Waals surface area contributed by atoms with Crippen LogP contribution in [0, 0.1) is 0 Å². The van der Waals surface area contributed by atoms with Crippen LogP contribution in [0.5, 0.6) is 0 Å². The minimum Gasteiger partial charge on any atom is -1.00 e. The first kappa shape index (κ1) is 28.0. The standard InChI is InChI=1S/C30H34O2P.BrH/c1-25(15-14-16-26(2)30(31-3)32-4)23-24-33(27-17-8-5-9-18-27,28-19-10-6-11-20-28)29-21-12-7-13-22-29;/h5-23,30H,24H2,1-4H3;1H/q+1;/p-1/b15-14+,25-23+,26-16+;. The number of rotatable bonds is 10. The normalized spacial score (nSPS) is 12.7. The molecule has 0 fully saturated rings. The molecule has 0 aromatic heterocycles. The van der Waals surface area contributed by atoms with Gasteiger partial charge in [-0.2, -0.15) is 0 Å². The number of methoxy groups -OCH3 is 2. The van der Waals surface area contributed by atoms with E-state index < -0.39 is 7.26 Å². The van der Waals surface area contributed by atoms with Crippen LogP contribution in [-0.2, 0) is 9.47 Å². The van der Waals surface area contributed by atoms with Gasteiger partial charge < -0.3 is 26.5 Å². The molecule has 0 aliphatic carbocycles. The van der Waals surface area contributed by atoms with Crippen molar-refractivity contribution in [3.05, 3.63) is 126 Å². The lowest BCUT2D eigenvalue weighted by Gasteiger charge is -2.26. The van der Waals surface area contributed by atoms with Crippen LogP contribution < -0.4 is 32.9 Å². The summed E-state index contributed by atoms with van der Waals surface area (Å²) in [6.07, 6.45) is 9.30. The zero-order valence-corrected chi connectivity index (χ0v) is 22.9. The van der Waals surface area contributed by atoms with E-state index in [0.29, 0.717) is 0 Å². The Bertz CT molecular complexity index is 976. The Morgan fingerprint density at radius 2 is 1.15 bits per heavy atom. The monoisotopic (exact) mass is 536 g/mol. The number of ether oxygens (including phenoxy) is 2. The summed E-state index contributed by atoms with van der Waals surface area (Å²) in [5, 5.41) is 4.19. The summed E-state index contributed by atoms with van der Waals surface area (Å²) in [4.78, 5) is 0. The van der Waals surface area contributed by atoms with Crippen molar-refractivity contribution >= 4 is 23.2 Å². The molecule has 4 heteroatoms. The van der Waals surface area contributed by atoms with Gasteiger partial charge in [0.25, 0.3) is 0 Å². The van der Waals surface area contributed by atoms with Gasteiger partial charge in [0.15, 0.2) is 6.29 Å². The predicted molar refractivity (Wildman–Crippen MR) is 144 cm³/mol. The lowest BCUT2D eigenvalue weighted by Crippen LogP contribution is -3.00. The van der Waals surface area contributed by atoms with E-state index in [9.17, 15) is 0 Å². The zero-order chi connectivity index (χ0) is 23.5. The molecule has 0 aliphatic heterocycles. The average molecular weight is 537 g/mol. The van der Waals surface area contributed by atoms with Gasteiger partial charge in [0.05, 0.1) is 6.16 Å². The predicted octanol–water partition coefficient (Wildman–Crippen LogP) is 3.05. The lowest BCUT2D eigenvalue weighted by molar-refractivity contribution is -0.0746. The maximum absolute atomic E-state index is 5.32. The molecule has 0 saturated heterocycles. The molecule has 2 nitrogen and oxygen atoms in total. The molecule has 0 spiro atoms. The highest BCUT2D eigenvalue weighted by Crippen LogP contribution is 2.55. The third-order valence-corrected chi connectivity index (χ3v) is 10.1. The largest absolute Gasteiger partial charge is 1.00 e. The highest BCUT2D eigenvalue weighted by Gasteiger charge is 2.44. The molecular weight excluding hydrogens is 503 g/mol. The van der Waals surface area contributed by atoms with Gasteiger partial charge in [-0.15, -0.1) is 0 Å². The van der Waals surface area contributed by atoms with Crippen LogP contribution in [0.4, 0.5) is 0 Å². The summed E-state index contributed by atoms with van der Waals surface area (Å²) < 4.78 is 10.6. The highest BCUT2D eigenvalue weighted by atomic mass is 79.9. The SMILES string of the molecule is COC(OC)/C(C)=C/C=C/C(C)=C/C[P+](c1ccccc1)(c1ccccc1)c1ccccc1.[Br-]. The molecule has 0 bridgehead atoms. The van der Waals surface area contributed by atoms with Crippen LogP contribution in [0.2, 0.25) is 0 Å². The van der Waals surface area contributed by atoms with E-state index in [1.807, 2.05) is 13.0 Å². The van der Waals surface area contributed by atoms with E-state index >= 15 is 0 Å². The first-order chi connectivity index (χ1) is 16.1. The van der Waals surface area contributed by atoms with Crippen molar-refractivity contribution in [2.45, 2.75) is 20.1 Å². The van der Waals surface area contributed by atoms with Crippen LogP contribution >= 0.6 is 7.26 Å². The topological polar surface area (TPSA) is 18.5 Å². The minimum absolute atomic E-state index is 0. The Kier molecular flexibility index (Phi) is 11.7. The van der Waals surface area contributed by atoms with Crippen LogP contribution in [0.1, 0.15) is 13.8 Å². The van der Waals surface area contributed by atoms with Gasteiger partial charge in [-0.25, -0.2) is 0 Å². The molecule has 0 aliphatic rings. The summed E-state index contributed by atoms with van der Waals surface area (Å²) in [5.74, 6) is 0. The molecular formula is C30H34BrO2P. The van der Waals surface area contributed by atoms with Gasteiger partial charge >= 0.3 is 0 Å². The minimum atomic E-state index is -1.85. The number of halogens is 1. The Labute approximate surface area is 216 Å². The van der Waals surface area contributed by atoms with Crippen molar-refractivity contribution in [3.63, 3.8) is 0 Å². The molecule has 3 rings (SSSR count). The molecule has 34 heavy (non-hydrogen) atoms. The molecule has 0 atom stereocenters. The van der Waals surface area contributed by atoms with E-state index in [1.54, 1.807) is 14.2 Å². The third-order valence-electron chi connectivity index (χ3n) is 5.80. The first-order valence-corrected chi connectivity index (χ1v) is 13.2. The summed E-state index contributed by atoms with van der Waals surface area (Å²) in [5.41, 5.74) is 2.27. The van der Waals surface area contributed by atoms with Crippen LogP contribution in [0.25, 0.3) is 0 Å². The van der Waals surface area contributed by atoms with Gasteiger partial charge in [-0.1, -0.05) is 78.4 Å². The number of benzene rings is 3. The van der Waals surface area contributed by atoms with Crippen molar-refractivity contribution in [1.29, 1.82) is 0 Å². The summed E-state index contributed by atoms with van der Waals surface area (Å²) >= 11 is 0. The molecule has 178 valence electrons. The number of hydrogen-bond donors (Lipinski definition) is 0. The van der Waals surface area contributed by atoms with E-state index in [0.717, 1.165) is 11.7 Å². The fourth-order valence-corrected chi connectivity index (χ4v) is 8.19. The second kappa shape index (κ2) is 14.2. The molecule has 3 aromatic carbocycles. The maximum atomic E-state index is 5.32. The van der Waals surface area contributed by atoms with Gasteiger partial charge in [-0.3, -0.25) is 0 Å². The van der Waals surface area contributed by atoms with E-state index in [2.05, 4.69) is 116 Å². The Morgan fingerprint density at radius 1 is 0.735 bits per heavy atom. The van der Waals surface area contributed by atoms with Crippen molar-refractivity contribution in [1.82, 2.24) is 0 Å². The van der Waals surface area contributed by atoms with E-state index in [4.69, 9.17) is 9.47 Å². The Balaban J connectivity index is 0.00000408. The molecule has 3 aromatic rings. The molecule has 0 N–H and O–H groups in total. The molecule has 0 unspecified atom stereocenters. The quantitative estimate of drug-likeness (QED) is 0.225. The average Bonchev–Trinajstić information content (AvgIpc) is 2.87. The van der Waals surface area contributed by atoms with E-state index in [1.165, 1.54) is 21.5 Å². The maximum Gasteiger partial charge on any atom is 0.179 e. The summed E-state index contributed by atoms with van der Waals surface area (Å²) in [7, 11) is 1.46. The van der Waals surface area contributed by atoms with Gasteiger partial charge in [0.2, 0.25) is 0 Å². The number of hydrogen-bond acceptors (Lipinski definition) is 2. The van der Waals surface area contributed by atoms with Crippen LogP contribution in [-0.4, -0.2) is 26.7 Å². The molecule has 0 radical (unpaired) electrons. The fourth-order valence-electron chi connectivity index (χ4n) is 4.06. The van der Waals surface area contributed by atoms with Gasteiger partial charge in [0, 0.05) is 14.2 Å². The van der Waals surface area contributed by atoms with Crippen LogP contribution in [0.15, 0.2) is 126 Å². The van der Waals surface area contributed by atoms with Crippen LogP contribution in [0.3, 0.4) is 0 Å². The zero-order valence-electron chi connectivity index (χ0n) is 20.4. The third kappa shape index (κ3) is 6.87. The summed E-state index contributed by atoms with van der Waals surface area (Å²) in [6.45, 7) is 4.18. The molecule has 0 heterocycles. The molecule has 0 saturated carbocycles. The van der Waals surface area contributed by atoms with Crippen molar-refractivity contribution in [2.24, 2.45) is 0 Å². The number of allylic oxidation sites excluding steroid dienone is 5. The van der Waals surface area contributed by atoms with E-state index in [-0.39, 0.29) is 23.3 Å². The van der Waals surface area contributed by atoms with Crippen molar-refractivity contribution in [2.75, 3.05) is 20.4 Å². The Morgan fingerprint density at radius 3 is 1.53 bits per heavy atom. The van der Waals surface area contributed by atoms with Gasteiger partial charge in [0.1, 0.15) is 23.2 Å². The Hall–Kier alpha value is -2.29. The van der Waals surface area contributed by atoms with Crippen molar-refractivity contribution < 1.29 is 26.5 Å². The second-order valence-electron chi connectivity index (χ2n) is 8.02.